The van der Waals surface area contributed by atoms with Crippen molar-refractivity contribution in [1.82, 2.24) is 5.32 Å². The average Bonchev–Trinajstić information content (AvgIpc) is 3.08. The van der Waals surface area contributed by atoms with E-state index in [2.05, 4.69) is 5.32 Å². The van der Waals surface area contributed by atoms with Crippen molar-refractivity contribution in [3.05, 3.63) is 47.5 Å². The maximum Gasteiger partial charge on any atom is 0.251 e. The zero-order valence-corrected chi connectivity index (χ0v) is 16.1. The quantitative estimate of drug-likeness (QED) is 0.577. The molecule has 1 saturated carbocycles. The maximum absolute atomic E-state index is 13.9. The van der Waals surface area contributed by atoms with E-state index in [0.29, 0.717) is 17.7 Å². The number of benzene rings is 2. The molecular weight excluding hydrogens is 370 g/mol. The molecule has 28 heavy (non-hydrogen) atoms. The normalized spacial score (nSPS) is 17.6. The minimum Gasteiger partial charge on any atom is -0.347 e. The van der Waals surface area contributed by atoms with Crippen LogP contribution in [0.15, 0.2) is 30.3 Å². The molecule has 0 heterocycles. The molecular formula is C22H25F4NO. The first kappa shape index (κ1) is 20.6. The molecule has 2 aromatic carbocycles. The summed E-state index contributed by atoms with van der Waals surface area (Å²) in [5.41, 5.74) is -0.816. The number of hydrogen-bond acceptors (Lipinski definition) is 1. The van der Waals surface area contributed by atoms with E-state index in [1.807, 2.05) is 0 Å². The maximum atomic E-state index is 13.9. The van der Waals surface area contributed by atoms with Crippen molar-refractivity contribution >= 4 is 16.7 Å². The van der Waals surface area contributed by atoms with Gasteiger partial charge in [0, 0.05) is 22.9 Å². The van der Waals surface area contributed by atoms with Crippen molar-refractivity contribution < 1.29 is 22.4 Å². The second kappa shape index (κ2) is 7.72. The van der Waals surface area contributed by atoms with E-state index < -0.39 is 35.4 Å². The lowest BCUT2D eigenvalue weighted by Crippen LogP contribution is -2.50. The van der Waals surface area contributed by atoms with Crippen molar-refractivity contribution in [2.24, 2.45) is 5.92 Å². The Morgan fingerprint density at radius 3 is 2.43 bits per heavy atom. The predicted molar refractivity (Wildman–Crippen MR) is 102 cm³/mol. The van der Waals surface area contributed by atoms with Gasteiger partial charge in [-0.25, -0.2) is 17.6 Å². The number of halogens is 4. The molecule has 1 aliphatic carbocycles. The summed E-state index contributed by atoms with van der Waals surface area (Å²) in [5.74, 6) is -5.01. The Morgan fingerprint density at radius 2 is 1.79 bits per heavy atom. The van der Waals surface area contributed by atoms with Crippen LogP contribution in [0.25, 0.3) is 10.8 Å². The molecule has 2 nitrogen and oxygen atoms in total. The highest BCUT2D eigenvalue weighted by atomic mass is 19.3. The van der Waals surface area contributed by atoms with Gasteiger partial charge in [-0.15, -0.1) is 0 Å². The zero-order valence-electron chi connectivity index (χ0n) is 16.1. The van der Waals surface area contributed by atoms with Crippen LogP contribution in [-0.2, 0) is 0 Å². The summed E-state index contributed by atoms with van der Waals surface area (Å²) in [6.07, 6.45) is 4.20. The van der Waals surface area contributed by atoms with Crippen LogP contribution in [0, 0.1) is 17.6 Å². The van der Waals surface area contributed by atoms with Crippen LogP contribution in [-0.4, -0.2) is 17.4 Å². The number of rotatable bonds is 6. The fraction of sp³-hybridized carbons (Fsp3) is 0.500. The number of hydrogen-bond donors (Lipinski definition) is 1. The van der Waals surface area contributed by atoms with Gasteiger partial charge in [0.15, 0.2) is 11.6 Å². The van der Waals surface area contributed by atoms with Gasteiger partial charge in [0.1, 0.15) is 0 Å². The summed E-state index contributed by atoms with van der Waals surface area (Å²) in [4.78, 5) is 12.8. The van der Waals surface area contributed by atoms with Gasteiger partial charge in [0.2, 0.25) is 5.92 Å². The van der Waals surface area contributed by atoms with Gasteiger partial charge < -0.3 is 5.32 Å². The molecule has 0 bridgehead atoms. The number of nitrogens with one attached hydrogen (secondary N) is 1. The molecule has 1 N–H and O–H groups in total. The number of fused-ring (bicyclic) bond motifs is 1. The minimum atomic E-state index is -2.91. The zero-order chi connectivity index (χ0) is 20.5. The Balaban J connectivity index is 1.84. The van der Waals surface area contributed by atoms with E-state index in [1.165, 1.54) is 24.3 Å². The lowest BCUT2D eigenvalue weighted by Gasteiger charge is -2.35. The molecule has 0 spiro atoms. The molecule has 1 fully saturated rings. The molecule has 1 amide bonds. The Hall–Kier alpha value is -2.11. The predicted octanol–water partition coefficient (Wildman–Crippen LogP) is 6.23. The van der Waals surface area contributed by atoms with Crippen LogP contribution in [0.2, 0.25) is 0 Å². The highest BCUT2D eigenvalue weighted by Crippen LogP contribution is 2.36. The van der Waals surface area contributed by atoms with Crippen molar-refractivity contribution in [2.75, 3.05) is 0 Å². The molecule has 6 heteroatoms. The van der Waals surface area contributed by atoms with Gasteiger partial charge in [0.05, 0.1) is 0 Å². The van der Waals surface area contributed by atoms with Gasteiger partial charge >= 0.3 is 0 Å². The minimum absolute atomic E-state index is 0.0744. The molecule has 0 radical (unpaired) electrons. The summed E-state index contributed by atoms with van der Waals surface area (Å²) >= 11 is 0. The summed E-state index contributed by atoms with van der Waals surface area (Å²) in [6, 6.07) is 6.57. The number of amides is 1. The van der Waals surface area contributed by atoms with E-state index >= 15 is 0 Å². The molecule has 3 rings (SSSR count). The van der Waals surface area contributed by atoms with E-state index in [0.717, 1.165) is 38.7 Å². The fourth-order valence-electron chi connectivity index (χ4n) is 4.46. The van der Waals surface area contributed by atoms with Crippen molar-refractivity contribution in [1.29, 1.82) is 0 Å². The number of carbonyl (C=O) groups is 1. The summed E-state index contributed by atoms with van der Waals surface area (Å²) in [5, 5.41) is 3.25. The standard InChI is InChI=1S/C22H25F4NO/c1-21(13-22(2,25)26,12-14-5-3-4-6-14)27-20(28)16-7-9-17-15(11-16)8-10-18(23)19(17)24/h7-11,14H,3-6,12-13H2,1-2H3,(H,27,28). The number of carbonyl (C=O) groups excluding carboxylic acids is 1. The SMILES string of the molecule is CC(F)(F)CC(C)(CC1CCCC1)NC(=O)c1ccc2c(F)c(F)ccc2c1. The van der Waals surface area contributed by atoms with Gasteiger partial charge in [-0.1, -0.05) is 37.8 Å². The topological polar surface area (TPSA) is 29.1 Å². The largest absolute Gasteiger partial charge is 0.347 e. The third kappa shape index (κ3) is 4.83. The third-order valence-electron chi connectivity index (χ3n) is 5.50. The third-order valence-corrected chi connectivity index (χ3v) is 5.50. The molecule has 152 valence electrons. The second-order valence-electron chi connectivity index (χ2n) is 8.41. The molecule has 1 atom stereocenters. The van der Waals surface area contributed by atoms with Crippen molar-refractivity contribution in [3.8, 4) is 0 Å². The van der Waals surface area contributed by atoms with Crippen LogP contribution in [0.3, 0.4) is 0 Å². The summed E-state index contributed by atoms with van der Waals surface area (Å²) < 4.78 is 54.8. The first-order valence-electron chi connectivity index (χ1n) is 9.64. The fourth-order valence-corrected chi connectivity index (χ4v) is 4.46. The molecule has 0 aliphatic heterocycles. The Kier molecular flexibility index (Phi) is 5.69. The van der Waals surface area contributed by atoms with Crippen LogP contribution < -0.4 is 5.32 Å². The van der Waals surface area contributed by atoms with E-state index in [-0.39, 0.29) is 10.9 Å². The highest BCUT2D eigenvalue weighted by molar-refractivity contribution is 5.99. The van der Waals surface area contributed by atoms with Crippen LogP contribution in [0.5, 0.6) is 0 Å². The smallest absolute Gasteiger partial charge is 0.251 e. The molecule has 0 aromatic heterocycles. The summed E-state index contributed by atoms with van der Waals surface area (Å²) in [7, 11) is 0. The average molecular weight is 395 g/mol. The molecule has 1 unspecified atom stereocenters. The van der Waals surface area contributed by atoms with Crippen LogP contribution in [0.4, 0.5) is 17.6 Å². The first-order chi connectivity index (χ1) is 13.1. The van der Waals surface area contributed by atoms with Crippen LogP contribution in [0.1, 0.15) is 62.7 Å². The molecule has 0 saturated heterocycles. The monoisotopic (exact) mass is 395 g/mol. The number of alkyl halides is 2. The van der Waals surface area contributed by atoms with E-state index in [1.54, 1.807) is 6.92 Å². The Morgan fingerprint density at radius 1 is 1.11 bits per heavy atom. The first-order valence-corrected chi connectivity index (χ1v) is 9.64. The van der Waals surface area contributed by atoms with Gasteiger partial charge in [0.25, 0.3) is 5.91 Å². The van der Waals surface area contributed by atoms with Crippen molar-refractivity contribution in [3.63, 3.8) is 0 Å². The van der Waals surface area contributed by atoms with Gasteiger partial charge in [-0.3, -0.25) is 4.79 Å². The highest BCUT2D eigenvalue weighted by Gasteiger charge is 2.39. The van der Waals surface area contributed by atoms with Crippen LogP contribution >= 0.6 is 0 Å². The van der Waals surface area contributed by atoms with Gasteiger partial charge in [-0.2, -0.15) is 0 Å². The van der Waals surface area contributed by atoms with E-state index in [9.17, 15) is 22.4 Å². The molecule has 2 aromatic rings. The molecule has 1 aliphatic rings. The Labute approximate surface area is 162 Å². The van der Waals surface area contributed by atoms with Crippen molar-refractivity contribution in [2.45, 2.75) is 63.8 Å². The summed E-state index contributed by atoms with van der Waals surface area (Å²) in [6.45, 7) is 2.52. The lowest BCUT2D eigenvalue weighted by atomic mass is 9.83. The lowest BCUT2D eigenvalue weighted by molar-refractivity contribution is -0.0162. The van der Waals surface area contributed by atoms with Gasteiger partial charge in [-0.05, 0) is 49.8 Å². The Bertz CT molecular complexity index is 871. The second-order valence-corrected chi connectivity index (χ2v) is 8.41. The van der Waals surface area contributed by atoms with E-state index in [4.69, 9.17) is 0 Å².